The molecule has 0 aliphatic heterocycles. The van der Waals surface area contributed by atoms with E-state index in [1.165, 1.54) is 45.6 Å². The van der Waals surface area contributed by atoms with Crippen LogP contribution in [0.5, 0.6) is 0 Å². The van der Waals surface area contributed by atoms with Gasteiger partial charge < -0.3 is 31.5 Å². The van der Waals surface area contributed by atoms with Crippen molar-refractivity contribution in [3.63, 3.8) is 0 Å². The van der Waals surface area contributed by atoms with Gasteiger partial charge in [-0.25, -0.2) is 0 Å². The summed E-state index contributed by atoms with van der Waals surface area (Å²) in [6.45, 7) is 27.4. The molecule has 0 bridgehead atoms. The number of hydrogen-bond acceptors (Lipinski definition) is 7. The third kappa shape index (κ3) is 18.4. The molecule has 4 aliphatic rings. The Labute approximate surface area is 480 Å². The molecule has 2 aromatic rings. The van der Waals surface area contributed by atoms with Gasteiger partial charge in [0.25, 0.3) is 0 Å². The topological polar surface area (TPSA) is 173 Å². The van der Waals surface area contributed by atoms with Gasteiger partial charge in [-0.2, -0.15) is 0 Å². The minimum absolute atomic E-state index is 0. The summed E-state index contributed by atoms with van der Waals surface area (Å²) in [5, 5.41) is 12.7. The van der Waals surface area contributed by atoms with Crippen molar-refractivity contribution in [2.75, 3.05) is 20.2 Å². The van der Waals surface area contributed by atoms with Gasteiger partial charge >= 0.3 is 5.97 Å². The highest BCUT2D eigenvalue weighted by Crippen LogP contribution is 2.69. The van der Waals surface area contributed by atoms with Gasteiger partial charge in [0.2, 0.25) is 23.6 Å². The van der Waals surface area contributed by atoms with Crippen LogP contribution in [-0.4, -0.2) is 55.3 Å². The van der Waals surface area contributed by atoms with Gasteiger partial charge in [-0.1, -0.05) is 181 Å². The van der Waals surface area contributed by atoms with Crippen LogP contribution < -0.4 is 21.3 Å². The SMILES string of the molecule is CC(NC(=O)CCCCCCCCNC(=O)[C@]1(C)CC[C@@H](C(C)C)C1C)c1ccccc1.COC(=O)CC(NC(=O)CCCCCCCCNC(=O)[C@H]1C[C@]2(C)C(CCC(C)C2(C)C)C2C1CC[C@H]2C(C)C)c1ccccc1.[OH-]. The Kier molecular flexibility index (Phi) is 27.6. The van der Waals surface area contributed by atoms with Crippen molar-refractivity contribution < 1.29 is 34.2 Å². The van der Waals surface area contributed by atoms with Crippen LogP contribution in [0.3, 0.4) is 0 Å². The normalized spacial score (nSPS) is 27.5. The van der Waals surface area contributed by atoms with Gasteiger partial charge in [0.15, 0.2) is 0 Å². The molecule has 4 aliphatic carbocycles. The second-order valence-electron chi connectivity index (χ2n) is 26.7. The molecule has 6 rings (SSSR count). The molecule has 7 unspecified atom stereocenters. The minimum atomic E-state index is -0.372. The van der Waals surface area contributed by atoms with Crippen LogP contribution in [0.1, 0.15) is 241 Å². The second kappa shape index (κ2) is 32.4. The molecule has 446 valence electrons. The van der Waals surface area contributed by atoms with Crippen molar-refractivity contribution >= 4 is 29.6 Å². The number of carbonyl (C=O) groups is 5. The Morgan fingerprint density at radius 1 is 0.608 bits per heavy atom. The van der Waals surface area contributed by atoms with E-state index in [9.17, 15) is 24.0 Å². The maximum Gasteiger partial charge on any atom is 0.307 e. The summed E-state index contributed by atoms with van der Waals surface area (Å²) in [7, 11) is 1.37. The summed E-state index contributed by atoms with van der Waals surface area (Å²) in [6, 6.07) is 19.4. The molecule has 0 radical (unpaired) electrons. The summed E-state index contributed by atoms with van der Waals surface area (Å²) in [5.74, 6) is 6.40. The van der Waals surface area contributed by atoms with Crippen molar-refractivity contribution in [1.29, 1.82) is 0 Å². The lowest BCUT2D eigenvalue weighted by atomic mass is 9.41. The van der Waals surface area contributed by atoms with Crippen LogP contribution in [0.4, 0.5) is 0 Å². The van der Waals surface area contributed by atoms with Crippen LogP contribution >= 0.6 is 0 Å². The van der Waals surface area contributed by atoms with Crippen LogP contribution in [0.2, 0.25) is 0 Å². The Morgan fingerprint density at radius 2 is 1.13 bits per heavy atom. The Balaban J connectivity index is 0.000000359. The molecular formula is C68H111N4O7-. The molecule has 0 aromatic heterocycles. The second-order valence-corrected chi connectivity index (χ2v) is 26.7. The summed E-state index contributed by atoms with van der Waals surface area (Å²) in [4.78, 5) is 63.3. The van der Waals surface area contributed by atoms with Gasteiger partial charge in [0.05, 0.1) is 25.6 Å². The van der Waals surface area contributed by atoms with E-state index in [1.54, 1.807) is 0 Å². The number of unbranched alkanes of at least 4 members (excludes halogenated alkanes) is 10. The average molecular weight is 1100 g/mol. The highest BCUT2D eigenvalue weighted by Gasteiger charge is 2.63. The summed E-state index contributed by atoms with van der Waals surface area (Å²) >= 11 is 0. The Bertz CT molecular complexity index is 2150. The fourth-order valence-electron chi connectivity index (χ4n) is 15.2. The van der Waals surface area contributed by atoms with Crippen LogP contribution in [0, 0.1) is 75.4 Å². The molecular weight excluding hydrogens is 985 g/mol. The van der Waals surface area contributed by atoms with Gasteiger partial charge in [-0.3, -0.25) is 24.0 Å². The molecule has 0 saturated heterocycles. The monoisotopic (exact) mass is 1100 g/mol. The minimum Gasteiger partial charge on any atom is -0.870 e. The van der Waals surface area contributed by atoms with E-state index in [0.717, 1.165) is 120 Å². The van der Waals surface area contributed by atoms with Crippen LogP contribution in [0.25, 0.3) is 0 Å². The molecule has 79 heavy (non-hydrogen) atoms. The van der Waals surface area contributed by atoms with E-state index in [1.807, 2.05) is 67.6 Å². The van der Waals surface area contributed by atoms with Crippen LogP contribution in [0.15, 0.2) is 60.7 Å². The van der Waals surface area contributed by atoms with E-state index >= 15 is 0 Å². The van der Waals surface area contributed by atoms with Gasteiger partial charge in [0, 0.05) is 37.3 Å². The van der Waals surface area contributed by atoms with Crippen molar-refractivity contribution in [3.8, 4) is 0 Å². The number of esters is 1. The van der Waals surface area contributed by atoms with E-state index < -0.39 is 0 Å². The standard InChI is InChI=1S/C40H64N2O4.C28H46N2O2.H2O/c1-27(2)30-21-22-31-32(26-40(6)33(37(30)31)23-20-28(3)39(40,4)5)38(45)41-24-16-11-9-8-10-15-19-35(43)42-34(25-36(44)46-7)29-17-13-12-14-18-29;1-21(2)25-18-19-28(5,22(25)3)27(32)29-20-14-9-7-6-8-13-17-26(31)30-23(4)24-15-11-10-12-16-24;/h12-14,17-18,27-28,30-34,37H,8-11,15-16,19-26H2,1-7H3,(H,41,45)(H,42,43);10-12,15-16,21-23,25H,6-9,13-14,17-20H2,1-5H3,(H,29,32)(H,30,31);1H2/p-1/t28?,30-,31?,32-,33?,34?,37?,40+;22?,23?,25-,28+;/m00./s1. The van der Waals surface area contributed by atoms with E-state index in [0.29, 0.717) is 60.2 Å². The molecule has 11 nitrogen and oxygen atoms in total. The fourth-order valence-corrected chi connectivity index (χ4v) is 15.2. The lowest BCUT2D eigenvalue weighted by Crippen LogP contribution is -2.59. The lowest BCUT2D eigenvalue weighted by molar-refractivity contribution is -0.164. The Morgan fingerprint density at radius 3 is 1.67 bits per heavy atom. The zero-order valence-electron chi connectivity index (χ0n) is 51.6. The zero-order valence-corrected chi connectivity index (χ0v) is 51.6. The van der Waals surface area contributed by atoms with Crippen molar-refractivity contribution in [2.24, 2.45) is 75.4 Å². The van der Waals surface area contributed by atoms with Crippen molar-refractivity contribution in [2.45, 2.75) is 230 Å². The van der Waals surface area contributed by atoms with E-state index in [4.69, 9.17) is 4.74 Å². The number of fused-ring (bicyclic) bond motifs is 3. The third-order valence-electron chi connectivity index (χ3n) is 21.2. The zero-order chi connectivity index (χ0) is 57.0. The molecule has 11 heteroatoms. The predicted octanol–water partition coefficient (Wildman–Crippen LogP) is 14.9. The largest absolute Gasteiger partial charge is 0.870 e. The van der Waals surface area contributed by atoms with Gasteiger partial charge in [-0.15, -0.1) is 0 Å². The number of hydrogen-bond donors (Lipinski definition) is 4. The lowest BCUT2D eigenvalue weighted by Gasteiger charge is -2.63. The number of rotatable bonds is 28. The first kappa shape index (κ1) is 67.3. The maximum absolute atomic E-state index is 13.8. The number of methoxy groups -OCH3 is 1. The summed E-state index contributed by atoms with van der Waals surface area (Å²) in [6.07, 6.45) is 22.3. The predicted molar refractivity (Wildman–Crippen MR) is 321 cm³/mol. The molecule has 4 fully saturated rings. The first-order chi connectivity index (χ1) is 37.2. The first-order valence-electron chi connectivity index (χ1n) is 31.5. The molecule has 0 spiro atoms. The number of nitrogens with one attached hydrogen (secondary N) is 4. The van der Waals surface area contributed by atoms with Crippen molar-refractivity contribution in [1.82, 2.24) is 21.3 Å². The van der Waals surface area contributed by atoms with Crippen LogP contribution in [-0.2, 0) is 28.7 Å². The third-order valence-corrected chi connectivity index (χ3v) is 21.2. The number of ether oxygens (including phenoxy) is 1. The molecule has 12 atom stereocenters. The molecule has 5 N–H and O–H groups in total. The van der Waals surface area contributed by atoms with Gasteiger partial charge in [0.1, 0.15) is 0 Å². The average Bonchev–Trinajstić information content (AvgIpc) is 4.04. The molecule has 2 aromatic carbocycles. The highest BCUT2D eigenvalue weighted by molar-refractivity contribution is 5.83. The molecule has 4 saturated carbocycles. The number of amides is 4. The van der Waals surface area contributed by atoms with Gasteiger partial charge in [-0.05, 0) is 153 Å². The highest BCUT2D eigenvalue weighted by atomic mass is 16.5. The number of benzene rings is 2. The Hall–Kier alpha value is -4.25. The fraction of sp³-hybridized carbons (Fsp3) is 0.750. The summed E-state index contributed by atoms with van der Waals surface area (Å²) < 4.78 is 4.83. The summed E-state index contributed by atoms with van der Waals surface area (Å²) in [5.41, 5.74) is 2.31. The van der Waals surface area contributed by atoms with Crippen molar-refractivity contribution in [3.05, 3.63) is 71.8 Å². The quantitative estimate of drug-likeness (QED) is 0.0485. The molecule has 4 amide bonds. The van der Waals surface area contributed by atoms with E-state index in [2.05, 4.69) is 90.5 Å². The van der Waals surface area contributed by atoms with E-state index in [-0.39, 0.29) is 69.8 Å². The first-order valence-corrected chi connectivity index (χ1v) is 31.5. The smallest absolute Gasteiger partial charge is 0.307 e. The maximum atomic E-state index is 13.8. The number of carbonyl (C=O) groups excluding carboxylic acids is 5. The molecule has 0 heterocycles.